The van der Waals surface area contributed by atoms with Crippen molar-refractivity contribution in [3.8, 4) is 11.5 Å². The summed E-state index contributed by atoms with van der Waals surface area (Å²) in [4.78, 5) is 2.12. The van der Waals surface area contributed by atoms with Gasteiger partial charge in [-0.15, -0.1) is 0 Å². The van der Waals surface area contributed by atoms with E-state index in [-0.39, 0.29) is 4.90 Å². The zero-order valence-electron chi connectivity index (χ0n) is 14.8. The molecule has 0 atom stereocenters. The molecule has 0 unspecified atom stereocenters. The summed E-state index contributed by atoms with van der Waals surface area (Å²) in [5.41, 5.74) is 0. The van der Waals surface area contributed by atoms with Crippen LogP contribution in [0.15, 0.2) is 23.1 Å². The maximum atomic E-state index is 13.0. The standard InChI is InChI=1S/C16H25N3O4S2/c1-4-7-17-16(24)18-8-10-19(11-9-18)25(20,21)15-12-13(22-2)5-6-14(15)23-3/h5-6,12H,4,7-11H2,1-3H3,(H,17,24). The lowest BCUT2D eigenvalue weighted by Gasteiger charge is -2.35. The Balaban J connectivity index is 2.13. The molecule has 0 radical (unpaired) electrons. The second-order valence-electron chi connectivity index (χ2n) is 5.64. The number of benzene rings is 1. The van der Waals surface area contributed by atoms with Crippen molar-refractivity contribution in [1.29, 1.82) is 0 Å². The largest absolute Gasteiger partial charge is 0.497 e. The van der Waals surface area contributed by atoms with Crippen LogP contribution in [0.5, 0.6) is 11.5 Å². The van der Waals surface area contributed by atoms with Crippen molar-refractivity contribution in [2.24, 2.45) is 0 Å². The lowest BCUT2D eigenvalue weighted by Crippen LogP contribution is -2.53. The number of rotatable bonds is 6. The molecule has 0 bridgehead atoms. The lowest BCUT2D eigenvalue weighted by molar-refractivity contribution is 0.263. The highest BCUT2D eigenvalue weighted by Crippen LogP contribution is 2.31. The monoisotopic (exact) mass is 387 g/mol. The molecule has 0 spiro atoms. The minimum Gasteiger partial charge on any atom is -0.497 e. The summed E-state index contributed by atoms with van der Waals surface area (Å²) in [5, 5.41) is 3.85. The molecule has 1 fully saturated rings. The first-order valence-electron chi connectivity index (χ1n) is 8.19. The highest BCUT2D eigenvalue weighted by Gasteiger charge is 2.31. The van der Waals surface area contributed by atoms with Gasteiger partial charge in [0.05, 0.1) is 14.2 Å². The summed E-state index contributed by atoms with van der Waals surface area (Å²) in [6.45, 7) is 4.75. The zero-order valence-corrected chi connectivity index (χ0v) is 16.5. The molecule has 1 aromatic rings. The zero-order chi connectivity index (χ0) is 18.4. The first-order chi connectivity index (χ1) is 11.9. The van der Waals surface area contributed by atoms with Crippen LogP contribution in [-0.2, 0) is 10.0 Å². The maximum Gasteiger partial charge on any atom is 0.247 e. The van der Waals surface area contributed by atoms with Crippen LogP contribution in [0.25, 0.3) is 0 Å². The van der Waals surface area contributed by atoms with Gasteiger partial charge in [-0.2, -0.15) is 4.31 Å². The summed E-state index contributed by atoms with van der Waals surface area (Å²) in [5.74, 6) is 0.784. The molecular weight excluding hydrogens is 362 g/mol. The number of hydrogen-bond donors (Lipinski definition) is 1. The number of methoxy groups -OCH3 is 2. The first-order valence-corrected chi connectivity index (χ1v) is 10.0. The van der Waals surface area contributed by atoms with Crippen LogP contribution in [0, 0.1) is 0 Å². The van der Waals surface area contributed by atoms with Crippen molar-refractivity contribution in [1.82, 2.24) is 14.5 Å². The Hall–Kier alpha value is -1.58. The predicted octanol–water partition coefficient (Wildman–Crippen LogP) is 1.29. The molecule has 0 amide bonds. The molecule has 1 heterocycles. The van der Waals surface area contributed by atoms with Gasteiger partial charge in [0.15, 0.2) is 5.11 Å². The van der Waals surface area contributed by atoms with Gasteiger partial charge < -0.3 is 19.7 Å². The van der Waals surface area contributed by atoms with Crippen LogP contribution >= 0.6 is 12.2 Å². The van der Waals surface area contributed by atoms with Crippen molar-refractivity contribution in [2.45, 2.75) is 18.2 Å². The van der Waals surface area contributed by atoms with Crippen molar-refractivity contribution in [3.05, 3.63) is 18.2 Å². The molecule has 1 N–H and O–H groups in total. The summed E-state index contributed by atoms with van der Waals surface area (Å²) < 4.78 is 37.8. The van der Waals surface area contributed by atoms with E-state index in [1.54, 1.807) is 12.1 Å². The SMILES string of the molecule is CCCNC(=S)N1CCN(S(=O)(=O)c2cc(OC)ccc2OC)CC1. The van der Waals surface area contributed by atoms with Gasteiger partial charge in [0.25, 0.3) is 0 Å². The molecule has 1 aliphatic rings. The Bertz CT molecular complexity index is 701. The fourth-order valence-electron chi connectivity index (χ4n) is 2.60. The number of sulfonamides is 1. The normalized spacial score (nSPS) is 15.7. The van der Waals surface area contributed by atoms with Gasteiger partial charge in [-0.05, 0) is 30.8 Å². The molecule has 0 aromatic heterocycles. The second kappa shape index (κ2) is 8.68. The second-order valence-corrected chi connectivity index (χ2v) is 7.93. The summed E-state index contributed by atoms with van der Waals surface area (Å²) in [7, 11) is -0.709. The van der Waals surface area contributed by atoms with Crippen LogP contribution in [0.4, 0.5) is 0 Å². The quantitative estimate of drug-likeness (QED) is 0.738. The fraction of sp³-hybridized carbons (Fsp3) is 0.562. The Morgan fingerprint density at radius 1 is 1.20 bits per heavy atom. The van der Waals surface area contributed by atoms with Gasteiger partial charge in [-0.25, -0.2) is 8.42 Å². The third-order valence-electron chi connectivity index (χ3n) is 4.04. The smallest absolute Gasteiger partial charge is 0.247 e. The number of ether oxygens (including phenoxy) is 2. The summed E-state index contributed by atoms with van der Waals surface area (Å²) in [6, 6.07) is 4.77. The van der Waals surface area contributed by atoms with Gasteiger partial charge in [0.2, 0.25) is 10.0 Å². The summed E-state index contributed by atoms with van der Waals surface area (Å²) in [6.07, 6.45) is 0.990. The van der Waals surface area contributed by atoms with E-state index in [1.807, 2.05) is 4.90 Å². The average molecular weight is 388 g/mol. The molecular formula is C16H25N3O4S2. The Kier molecular flexibility index (Phi) is 6.86. The topological polar surface area (TPSA) is 71.1 Å². The number of piperazine rings is 1. The van der Waals surface area contributed by atoms with E-state index >= 15 is 0 Å². The van der Waals surface area contributed by atoms with Crippen molar-refractivity contribution in [3.63, 3.8) is 0 Å². The molecule has 1 saturated heterocycles. The number of nitrogens with one attached hydrogen (secondary N) is 1. The average Bonchev–Trinajstić information content (AvgIpc) is 2.65. The van der Waals surface area contributed by atoms with Crippen LogP contribution in [0.2, 0.25) is 0 Å². The first kappa shape index (κ1) is 19.7. The van der Waals surface area contributed by atoms with Gasteiger partial charge in [-0.3, -0.25) is 0 Å². The van der Waals surface area contributed by atoms with E-state index in [4.69, 9.17) is 21.7 Å². The van der Waals surface area contributed by atoms with E-state index in [0.29, 0.717) is 42.8 Å². The minimum absolute atomic E-state index is 0.120. The highest BCUT2D eigenvalue weighted by molar-refractivity contribution is 7.89. The molecule has 25 heavy (non-hydrogen) atoms. The molecule has 0 saturated carbocycles. The van der Waals surface area contributed by atoms with Crippen LogP contribution in [-0.4, -0.2) is 69.7 Å². The van der Waals surface area contributed by atoms with Crippen LogP contribution in [0.3, 0.4) is 0 Å². The predicted molar refractivity (Wildman–Crippen MR) is 101 cm³/mol. The Morgan fingerprint density at radius 3 is 2.44 bits per heavy atom. The van der Waals surface area contributed by atoms with Gasteiger partial charge in [-0.1, -0.05) is 6.92 Å². The maximum absolute atomic E-state index is 13.0. The van der Waals surface area contributed by atoms with Crippen molar-refractivity contribution in [2.75, 3.05) is 46.9 Å². The van der Waals surface area contributed by atoms with Gasteiger partial charge in [0.1, 0.15) is 16.4 Å². The third kappa shape index (κ3) is 4.53. The van der Waals surface area contributed by atoms with Crippen molar-refractivity contribution < 1.29 is 17.9 Å². The molecule has 2 rings (SSSR count). The van der Waals surface area contributed by atoms with E-state index in [9.17, 15) is 8.42 Å². The number of thiocarbonyl (C=S) groups is 1. The van der Waals surface area contributed by atoms with E-state index < -0.39 is 10.0 Å². The van der Waals surface area contributed by atoms with E-state index in [0.717, 1.165) is 13.0 Å². The number of nitrogens with zero attached hydrogens (tertiary/aromatic N) is 2. The third-order valence-corrected chi connectivity index (χ3v) is 6.36. The number of hydrogen-bond acceptors (Lipinski definition) is 5. The Morgan fingerprint density at radius 2 is 1.88 bits per heavy atom. The van der Waals surface area contributed by atoms with E-state index in [2.05, 4.69) is 12.2 Å². The molecule has 0 aliphatic carbocycles. The van der Waals surface area contributed by atoms with Crippen LogP contribution < -0.4 is 14.8 Å². The minimum atomic E-state index is -3.67. The molecule has 9 heteroatoms. The lowest BCUT2D eigenvalue weighted by atomic mass is 10.3. The molecule has 7 nitrogen and oxygen atoms in total. The molecule has 1 aliphatic heterocycles. The molecule has 1 aromatic carbocycles. The van der Waals surface area contributed by atoms with Gasteiger partial charge >= 0.3 is 0 Å². The van der Waals surface area contributed by atoms with Crippen molar-refractivity contribution >= 4 is 27.4 Å². The molecule has 140 valence electrons. The van der Waals surface area contributed by atoms with E-state index in [1.165, 1.54) is 24.6 Å². The Labute approximate surface area is 154 Å². The highest BCUT2D eigenvalue weighted by atomic mass is 32.2. The van der Waals surface area contributed by atoms with Crippen LogP contribution in [0.1, 0.15) is 13.3 Å². The van der Waals surface area contributed by atoms with Gasteiger partial charge in [0, 0.05) is 38.8 Å². The fourth-order valence-corrected chi connectivity index (χ4v) is 4.48. The summed E-state index contributed by atoms with van der Waals surface area (Å²) >= 11 is 5.35.